The molecule has 2 N–H and O–H groups in total. The van der Waals surface area contributed by atoms with Crippen LogP contribution in [0.5, 0.6) is 0 Å². The number of amides is 1. The van der Waals surface area contributed by atoms with Crippen molar-refractivity contribution in [3.63, 3.8) is 0 Å². The summed E-state index contributed by atoms with van der Waals surface area (Å²) in [5.41, 5.74) is 0.784. The topological polar surface area (TPSA) is 52.6 Å². The van der Waals surface area contributed by atoms with E-state index in [1.807, 2.05) is 29.2 Å². The van der Waals surface area contributed by atoms with Crippen molar-refractivity contribution in [3.8, 4) is 0 Å². The van der Waals surface area contributed by atoms with Crippen LogP contribution in [0.2, 0.25) is 0 Å². The molecule has 0 radical (unpaired) electrons. The van der Waals surface area contributed by atoms with Crippen LogP contribution in [0.4, 0.5) is 5.69 Å². The predicted molar refractivity (Wildman–Crippen MR) is 85.8 cm³/mol. The van der Waals surface area contributed by atoms with E-state index in [1.54, 1.807) is 0 Å². The lowest BCUT2D eigenvalue weighted by atomic mass is 10.1. The fraction of sp³-hybridized carbons (Fsp3) is 0.533. The molecule has 0 atom stereocenters. The first-order valence-electron chi connectivity index (χ1n) is 7.01. The van der Waals surface area contributed by atoms with Gasteiger partial charge in [-0.2, -0.15) is 0 Å². The maximum absolute atomic E-state index is 12.1. The van der Waals surface area contributed by atoms with Gasteiger partial charge in [0.2, 0.25) is 5.91 Å². The second kappa shape index (κ2) is 9.10. The highest BCUT2D eigenvalue weighted by molar-refractivity contribution is 9.10. The predicted octanol–water partition coefficient (Wildman–Crippen LogP) is 2.87. The van der Waals surface area contributed by atoms with Crippen molar-refractivity contribution in [2.75, 3.05) is 25.0 Å². The Labute approximate surface area is 129 Å². The van der Waals surface area contributed by atoms with Crippen LogP contribution in [0, 0.1) is 0 Å². The molecule has 0 saturated heterocycles. The van der Waals surface area contributed by atoms with Gasteiger partial charge in [-0.15, -0.1) is 0 Å². The lowest BCUT2D eigenvalue weighted by Crippen LogP contribution is -2.42. The molecule has 20 heavy (non-hydrogen) atoms. The molecule has 1 aromatic carbocycles. The molecular formula is C15H23BrN2O2. The van der Waals surface area contributed by atoms with Crippen molar-refractivity contribution in [1.82, 2.24) is 4.90 Å². The Morgan fingerprint density at radius 1 is 1.30 bits per heavy atom. The molecular weight excluding hydrogens is 320 g/mol. The minimum atomic E-state index is -0.0485. The molecule has 0 saturated carbocycles. The molecule has 1 rings (SSSR count). The highest BCUT2D eigenvalue weighted by Crippen LogP contribution is 2.14. The number of nitrogens with one attached hydrogen (secondary N) is 1. The van der Waals surface area contributed by atoms with E-state index in [0.29, 0.717) is 19.1 Å². The summed E-state index contributed by atoms with van der Waals surface area (Å²) in [6, 6.07) is 7.83. The van der Waals surface area contributed by atoms with Crippen molar-refractivity contribution < 1.29 is 9.90 Å². The molecule has 112 valence electrons. The van der Waals surface area contributed by atoms with E-state index in [9.17, 15) is 4.79 Å². The van der Waals surface area contributed by atoms with Gasteiger partial charge in [0, 0.05) is 22.7 Å². The van der Waals surface area contributed by atoms with Crippen LogP contribution in [0.15, 0.2) is 28.7 Å². The van der Waals surface area contributed by atoms with Crippen LogP contribution >= 0.6 is 15.9 Å². The quantitative estimate of drug-likeness (QED) is 0.763. The molecule has 1 amide bonds. The first-order chi connectivity index (χ1) is 9.60. The number of hydrogen-bond acceptors (Lipinski definition) is 3. The van der Waals surface area contributed by atoms with E-state index < -0.39 is 0 Å². The number of rotatable bonds is 8. The zero-order chi connectivity index (χ0) is 15.0. The van der Waals surface area contributed by atoms with Gasteiger partial charge in [-0.3, -0.25) is 9.69 Å². The molecule has 0 spiro atoms. The average Bonchev–Trinajstić information content (AvgIpc) is 2.43. The van der Waals surface area contributed by atoms with Crippen LogP contribution < -0.4 is 5.32 Å². The molecule has 0 fully saturated rings. The summed E-state index contributed by atoms with van der Waals surface area (Å²) in [5.74, 6) is -0.0485. The van der Waals surface area contributed by atoms with Crippen LogP contribution in [0.1, 0.15) is 26.7 Å². The first kappa shape index (κ1) is 17.1. The first-order valence-corrected chi connectivity index (χ1v) is 7.80. The van der Waals surface area contributed by atoms with Gasteiger partial charge in [0.1, 0.15) is 0 Å². The monoisotopic (exact) mass is 342 g/mol. The fourth-order valence-electron chi connectivity index (χ4n) is 2.24. The van der Waals surface area contributed by atoms with E-state index in [0.717, 1.165) is 23.0 Å². The van der Waals surface area contributed by atoms with Gasteiger partial charge in [0.05, 0.1) is 13.2 Å². The Balaban J connectivity index is 2.59. The third-order valence-electron chi connectivity index (χ3n) is 3.32. The number of aliphatic hydroxyl groups excluding tert-OH is 1. The summed E-state index contributed by atoms with van der Waals surface area (Å²) in [6.07, 6.45) is 1.95. The van der Waals surface area contributed by atoms with Gasteiger partial charge in [0.25, 0.3) is 0 Å². The largest absolute Gasteiger partial charge is 0.395 e. The second-order valence-corrected chi connectivity index (χ2v) is 5.64. The van der Waals surface area contributed by atoms with Crippen LogP contribution in [-0.4, -0.2) is 41.7 Å². The Hall–Kier alpha value is -0.910. The molecule has 0 aromatic heterocycles. The molecule has 0 aliphatic carbocycles. The molecule has 5 heteroatoms. The van der Waals surface area contributed by atoms with Crippen molar-refractivity contribution in [1.29, 1.82) is 0 Å². The van der Waals surface area contributed by atoms with Crippen molar-refractivity contribution >= 4 is 27.5 Å². The van der Waals surface area contributed by atoms with E-state index in [2.05, 4.69) is 35.1 Å². The number of hydrogen-bond donors (Lipinski definition) is 2. The Morgan fingerprint density at radius 2 is 1.90 bits per heavy atom. The average molecular weight is 343 g/mol. The summed E-state index contributed by atoms with van der Waals surface area (Å²) < 4.78 is 0.981. The van der Waals surface area contributed by atoms with Crippen LogP contribution in [0.3, 0.4) is 0 Å². The highest BCUT2D eigenvalue weighted by atomic mass is 79.9. The third-order valence-corrected chi connectivity index (χ3v) is 3.85. The van der Waals surface area contributed by atoms with Crippen molar-refractivity contribution in [2.24, 2.45) is 0 Å². The molecule has 0 unspecified atom stereocenters. The number of carbonyl (C=O) groups excluding carboxylic acids is 1. The zero-order valence-corrected chi connectivity index (χ0v) is 13.7. The fourth-order valence-corrected chi connectivity index (χ4v) is 2.51. The van der Waals surface area contributed by atoms with E-state index in [4.69, 9.17) is 5.11 Å². The summed E-state index contributed by atoms with van der Waals surface area (Å²) in [5, 5.41) is 12.0. The van der Waals surface area contributed by atoms with Crippen LogP contribution in [-0.2, 0) is 4.79 Å². The van der Waals surface area contributed by atoms with Gasteiger partial charge in [-0.1, -0.05) is 29.8 Å². The number of halogens is 1. The smallest absolute Gasteiger partial charge is 0.238 e. The third kappa shape index (κ3) is 5.61. The number of aliphatic hydroxyl groups is 1. The van der Waals surface area contributed by atoms with Crippen molar-refractivity contribution in [2.45, 2.75) is 32.7 Å². The number of benzene rings is 1. The Bertz CT molecular complexity index is 405. The number of anilines is 1. The van der Waals surface area contributed by atoms with Gasteiger partial charge in [-0.25, -0.2) is 0 Å². The molecule has 0 aliphatic rings. The summed E-state index contributed by atoms with van der Waals surface area (Å²) >= 11 is 3.36. The zero-order valence-electron chi connectivity index (χ0n) is 12.1. The van der Waals surface area contributed by atoms with Gasteiger partial charge >= 0.3 is 0 Å². The van der Waals surface area contributed by atoms with Crippen molar-refractivity contribution in [3.05, 3.63) is 28.7 Å². The molecule has 0 aliphatic heterocycles. The molecule has 0 heterocycles. The lowest BCUT2D eigenvalue weighted by molar-refractivity contribution is -0.118. The molecule has 4 nitrogen and oxygen atoms in total. The van der Waals surface area contributed by atoms with E-state index >= 15 is 0 Å². The normalized spacial score (nSPS) is 11.1. The maximum Gasteiger partial charge on any atom is 0.238 e. The van der Waals surface area contributed by atoms with Gasteiger partial charge in [0.15, 0.2) is 0 Å². The van der Waals surface area contributed by atoms with Crippen LogP contribution in [0.25, 0.3) is 0 Å². The Kier molecular flexibility index (Phi) is 7.80. The maximum atomic E-state index is 12.1. The van der Waals surface area contributed by atoms with E-state index in [-0.39, 0.29) is 12.5 Å². The van der Waals surface area contributed by atoms with E-state index in [1.165, 1.54) is 0 Å². The minimum Gasteiger partial charge on any atom is -0.395 e. The summed E-state index contributed by atoms with van der Waals surface area (Å²) in [4.78, 5) is 14.1. The summed E-state index contributed by atoms with van der Waals surface area (Å²) in [6.45, 7) is 5.11. The SMILES string of the molecule is CCC(CC)N(CCO)CC(=O)Nc1ccc(Br)cc1. The Morgan fingerprint density at radius 3 is 2.40 bits per heavy atom. The van der Waals surface area contributed by atoms with Gasteiger partial charge in [-0.05, 0) is 37.1 Å². The molecule has 1 aromatic rings. The van der Waals surface area contributed by atoms with Gasteiger partial charge < -0.3 is 10.4 Å². The number of carbonyl (C=O) groups is 1. The lowest BCUT2D eigenvalue weighted by Gasteiger charge is -2.29. The highest BCUT2D eigenvalue weighted by Gasteiger charge is 2.17. The standard InChI is InChI=1S/C15H23BrN2O2/c1-3-14(4-2)18(9-10-19)11-15(20)17-13-7-5-12(16)6-8-13/h5-8,14,19H,3-4,9-11H2,1-2H3,(H,17,20). The second-order valence-electron chi connectivity index (χ2n) is 4.72. The number of nitrogens with zero attached hydrogens (tertiary/aromatic N) is 1. The minimum absolute atomic E-state index is 0.0485. The molecule has 0 bridgehead atoms. The summed E-state index contributed by atoms with van der Waals surface area (Å²) in [7, 11) is 0.